The fraction of sp³-hybridized carbons (Fsp3) is 0.727. The van der Waals surface area contributed by atoms with Gasteiger partial charge in [-0.25, -0.2) is 4.79 Å². The van der Waals surface area contributed by atoms with Gasteiger partial charge in [0.05, 0.1) is 6.61 Å². The molecule has 0 radical (unpaired) electrons. The number of esters is 1. The highest BCUT2D eigenvalue weighted by molar-refractivity contribution is 6.67. The summed E-state index contributed by atoms with van der Waals surface area (Å²) in [5.41, 5.74) is 0. The van der Waals surface area contributed by atoms with Crippen molar-refractivity contribution in [2.24, 2.45) is 0 Å². The van der Waals surface area contributed by atoms with E-state index in [-0.39, 0.29) is 0 Å². The largest absolute Gasteiger partial charge is 0.463 e. The number of rotatable bonds is 9. The zero-order chi connectivity index (χ0) is 12.4. The van der Waals surface area contributed by atoms with Crippen LogP contribution in [0.25, 0.3) is 0 Å². The molecule has 0 aliphatic heterocycles. The molecule has 0 spiro atoms. The summed E-state index contributed by atoms with van der Waals surface area (Å²) in [6.07, 6.45) is 3.34. The first kappa shape index (κ1) is 15.3. The molecule has 0 unspecified atom stereocenters. The first-order chi connectivity index (χ1) is 7.64. The van der Waals surface area contributed by atoms with Crippen molar-refractivity contribution in [2.75, 3.05) is 20.8 Å². The van der Waals surface area contributed by atoms with Gasteiger partial charge in [0.15, 0.2) is 0 Å². The van der Waals surface area contributed by atoms with Crippen molar-refractivity contribution in [1.29, 1.82) is 0 Å². The predicted octanol–water partition coefficient (Wildman–Crippen LogP) is 2.25. The second-order valence-electron chi connectivity index (χ2n) is 3.54. The monoisotopic (exact) mass is 246 g/mol. The molecule has 0 atom stereocenters. The summed E-state index contributed by atoms with van der Waals surface area (Å²) in [7, 11) is 1.18. The van der Waals surface area contributed by atoms with Crippen LogP contribution in [0.3, 0.4) is 0 Å². The van der Waals surface area contributed by atoms with Crippen molar-refractivity contribution in [2.45, 2.75) is 31.9 Å². The Morgan fingerprint density at radius 3 is 2.38 bits per heavy atom. The average molecular weight is 246 g/mol. The van der Waals surface area contributed by atoms with Crippen LogP contribution in [0.5, 0.6) is 0 Å². The standard InChI is InChI=1S/C11H22O4Si/c1-5-7-9-16(13-3,14-4)10-8-15-11(12)6-2/h6H,2,5,7-10H2,1,3-4H3. The Labute approximate surface area is 98.8 Å². The lowest BCUT2D eigenvalue weighted by atomic mass is 10.4. The van der Waals surface area contributed by atoms with Gasteiger partial charge in [0.2, 0.25) is 0 Å². The highest BCUT2D eigenvalue weighted by atomic mass is 28.4. The van der Waals surface area contributed by atoms with E-state index in [1.54, 1.807) is 14.2 Å². The van der Waals surface area contributed by atoms with Crippen molar-refractivity contribution >= 4 is 14.5 Å². The van der Waals surface area contributed by atoms with Crippen LogP contribution in [-0.4, -0.2) is 35.4 Å². The molecule has 0 heterocycles. The molecule has 94 valence electrons. The molecule has 0 bridgehead atoms. The minimum absolute atomic E-state index is 0.336. The van der Waals surface area contributed by atoms with Crippen LogP contribution >= 0.6 is 0 Å². The summed E-state index contributed by atoms with van der Waals surface area (Å²) in [5.74, 6) is -0.398. The zero-order valence-electron chi connectivity index (χ0n) is 10.5. The predicted molar refractivity (Wildman–Crippen MR) is 65.5 cm³/mol. The molecule has 16 heavy (non-hydrogen) atoms. The molecular weight excluding hydrogens is 224 g/mol. The Kier molecular flexibility index (Phi) is 8.15. The Hall–Kier alpha value is -0.653. The first-order valence-electron chi connectivity index (χ1n) is 5.53. The van der Waals surface area contributed by atoms with E-state index < -0.39 is 14.5 Å². The summed E-state index contributed by atoms with van der Waals surface area (Å²) in [6, 6.07) is 1.60. The summed E-state index contributed by atoms with van der Waals surface area (Å²) < 4.78 is 16.0. The molecule has 0 aromatic heterocycles. The third kappa shape index (κ3) is 5.44. The van der Waals surface area contributed by atoms with Crippen molar-refractivity contribution in [1.82, 2.24) is 0 Å². The molecule has 0 rings (SSSR count). The van der Waals surface area contributed by atoms with Gasteiger partial charge in [0.25, 0.3) is 0 Å². The molecular formula is C11H22O4Si. The minimum Gasteiger partial charge on any atom is -0.463 e. The molecule has 0 saturated heterocycles. The maximum Gasteiger partial charge on any atom is 0.341 e. The highest BCUT2D eigenvalue weighted by Crippen LogP contribution is 2.20. The zero-order valence-corrected chi connectivity index (χ0v) is 11.5. The smallest absolute Gasteiger partial charge is 0.341 e. The van der Waals surface area contributed by atoms with Crippen LogP contribution in [0.1, 0.15) is 19.8 Å². The Morgan fingerprint density at radius 2 is 1.94 bits per heavy atom. The van der Waals surface area contributed by atoms with Gasteiger partial charge in [-0.1, -0.05) is 26.3 Å². The second-order valence-corrected chi connectivity index (χ2v) is 7.18. The number of hydrogen-bond acceptors (Lipinski definition) is 4. The van der Waals surface area contributed by atoms with Gasteiger partial charge < -0.3 is 13.6 Å². The van der Waals surface area contributed by atoms with Crippen LogP contribution in [0.2, 0.25) is 12.1 Å². The van der Waals surface area contributed by atoms with Crippen LogP contribution < -0.4 is 0 Å². The van der Waals surface area contributed by atoms with Crippen molar-refractivity contribution in [3.8, 4) is 0 Å². The topological polar surface area (TPSA) is 44.8 Å². The lowest BCUT2D eigenvalue weighted by Gasteiger charge is -2.26. The van der Waals surface area contributed by atoms with Crippen LogP contribution in [0.4, 0.5) is 0 Å². The normalized spacial score (nSPS) is 11.2. The highest BCUT2D eigenvalue weighted by Gasteiger charge is 2.34. The van der Waals surface area contributed by atoms with Crippen LogP contribution in [0, 0.1) is 0 Å². The van der Waals surface area contributed by atoms with Gasteiger partial charge in [-0.3, -0.25) is 0 Å². The Morgan fingerprint density at radius 1 is 1.31 bits per heavy atom. The van der Waals surface area contributed by atoms with Crippen LogP contribution in [0.15, 0.2) is 12.7 Å². The Balaban J connectivity index is 4.09. The molecule has 0 N–H and O–H groups in total. The van der Waals surface area contributed by atoms with E-state index in [9.17, 15) is 4.79 Å². The molecule has 0 aliphatic carbocycles. The number of hydrogen-bond donors (Lipinski definition) is 0. The number of ether oxygens (including phenoxy) is 1. The number of unbranched alkanes of at least 4 members (excludes halogenated alkanes) is 1. The van der Waals surface area contributed by atoms with E-state index >= 15 is 0 Å². The van der Waals surface area contributed by atoms with E-state index in [0.717, 1.165) is 25.0 Å². The summed E-state index contributed by atoms with van der Waals surface area (Å²) in [6.45, 7) is 5.80. The molecule has 0 aromatic rings. The van der Waals surface area contributed by atoms with Crippen molar-refractivity contribution in [3.63, 3.8) is 0 Å². The van der Waals surface area contributed by atoms with Gasteiger partial charge in [-0.05, 0) is 6.04 Å². The third-order valence-electron chi connectivity index (χ3n) is 2.55. The molecule has 0 aliphatic rings. The van der Waals surface area contributed by atoms with Crippen LogP contribution in [-0.2, 0) is 18.4 Å². The molecule has 0 aromatic carbocycles. The van der Waals surface area contributed by atoms with E-state index in [1.165, 1.54) is 0 Å². The number of carbonyl (C=O) groups is 1. The van der Waals surface area contributed by atoms with E-state index in [1.807, 2.05) is 0 Å². The van der Waals surface area contributed by atoms with Crippen molar-refractivity contribution < 1.29 is 18.4 Å². The molecule has 0 saturated carbocycles. The number of carbonyl (C=O) groups excluding carboxylic acids is 1. The molecule has 4 nitrogen and oxygen atoms in total. The lowest BCUT2D eigenvalue weighted by Crippen LogP contribution is -2.41. The van der Waals surface area contributed by atoms with Crippen molar-refractivity contribution in [3.05, 3.63) is 12.7 Å². The first-order valence-corrected chi connectivity index (χ1v) is 7.76. The molecule has 0 amide bonds. The maximum atomic E-state index is 10.9. The fourth-order valence-electron chi connectivity index (χ4n) is 1.43. The quantitative estimate of drug-likeness (QED) is 0.355. The van der Waals surface area contributed by atoms with Gasteiger partial charge in [-0.2, -0.15) is 0 Å². The average Bonchev–Trinajstić information content (AvgIpc) is 2.33. The second kappa shape index (κ2) is 8.49. The summed E-state index contributed by atoms with van der Waals surface area (Å²) in [4.78, 5) is 10.9. The summed E-state index contributed by atoms with van der Waals surface area (Å²) >= 11 is 0. The molecule has 5 heteroatoms. The van der Waals surface area contributed by atoms with Gasteiger partial charge in [0, 0.05) is 26.3 Å². The SMILES string of the molecule is C=CC(=O)OCC[Si](CCCC)(OC)OC. The van der Waals surface area contributed by atoms with Gasteiger partial charge in [0.1, 0.15) is 0 Å². The van der Waals surface area contributed by atoms with E-state index in [0.29, 0.717) is 12.7 Å². The maximum absolute atomic E-state index is 10.9. The van der Waals surface area contributed by atoms with Gasteiger partial charge >= 0.3 is 14.5 Å². The third-order valence-corrected chi connectivity index (χ3v) is 6.12. The lowest BCUT2D eigenvalue weighted by molar-refractivity contribution is -0.137. The minimum atomic E-state index is -2.16. The summed E-state index contributed by atoms with van der Waals surface area (Å²) in [5, 5.41) is 0. The van der Waals surface area contributed by atoms with E-state index in [4.69, 9.17) is 13.6 Å². The molecule has 0 fully saturated rings. The Bertz CT molecular complexity index is 214. The fourth-order valence-corrected chi connectivity index (χ4v) is 3.97. The van der Waals surface area contributed by atoms with E-state index in [2.05, 4.69) is 13.5 Å². The van der Waals surface area contributed by atoms with Gasteiger partial charge in [-0.15, -0.1) is 0 Å².